The van der Waals surface area contributed by atoms with Gasteiger partial charge in [-0.05, 0) is 53.2 Å². The van der Waals surface area contributed by atoms with Crippen LogP contribution in [0.4, 0.5) is 17.2 Å². The van der Waals surface area contributed by atoms with Gasteiger partial charge in [0, 0.05) is 23.0 Å². The minimum Gasteiger partial charge on any atom is -0.340 e. The van der Waals surface area contributed by atoms with Crippen molar-refractivity contribution < 1.29 is 8.42 Å². The number of sulfonamides is 1. The Morgan fingerprint density at radius 3 is 2.26 bits per heavy atom. The summed E-state index contributed by atoms with van der Waals surface area (Å²) in [6.07, 6.45) is 1.51. The largest absolute Gasteiger partial charge is 0.340 e. The molecule has 5 rings (SSSR count). The zero-order chi connectivity index (χ0) is 24.4. The molecule has 0 unspecified atom stereocenters. The van der Waals surface area contributed by atoms with Crippen molar-refractivity contribution in [2.24, 2.45) is 0 Å². The third kappa shape index (κ3) is 5.07. The second-order valence-corrected chi connectivity index (χ2v) is 10.2. The van der Waals surface area contributed by atoms with Gasteiger partial charge < -0.3 is 5.32 Å². The second kappa shape index (κ2) is 9.54. The maximum absolute atomic E-state index is 12.7. The molecule has 5 aromatic rings. The van der Waals surface area contributed by atoms with Crippen LogP contribution in [-0.2, 0) is 10.0 Å². The summed E-state index contributed by atoms with van der Waals surface area (Å²) in [7, 11) is -3.81. The van der Waals surface area contributed by atoms with E-state index in [1.54, 1.807) is 24.3 Å². The smallest absolute Gasteiger partial charge is 0.261 e. The van der Waals surface area contributed by atoms with Crippen molar-refractivity contribution in [2.45, 2.75) is 4.90 Å². The van der Waals surface area contributed by atoms with Gasteiger partial charge in [0.25, 0.3) is 10.0 Å². The lowest BCUT2D eigenvalue weighted by Crippen LogP contribution is -2.12. The van der Waals surface area contributed by atoms with Gasteiger partial charge in [-0.3, -0.25) is 4.72 Å². The quantitative estimate of drug-likeness (QED) is 0.248. The molecule has 0 atom stereocenters. The highest BCUT2D eigenvalue weighted by Gasteiger charge is 2.16. The molecule has 0 saturated heterocycles. The molecule has 0 aliphatic rings. The Morgan fingerprint density at radius 2 is 1.46 bits per heavy atom. The van der Waals surface area contributed by atoms with E-state index < -0.39 is 10.0 Å². The number of aromatic nitrogens is 2. The maximum atomic E-state index is 12.7. The Hall–Kier alpha value is -3.65. The van der Waals surface area contributed by atoms with E-state index in [2.05, 4.69) is 38.2 Å². The van der Waals surface area contributed by atoms with Crippen molar-refractivity contribution in [3.8, 4) is 11.3 Å². The molecule has 174 valence electrons. The fraction of sp³-hybridized carbons (Fsp3) is 0. The van der Waals surface area contributed by atoms with Gasteiger partial charge in [-0.25, -0.2) is 18.4 Å². The molecular formula is C26H18Cl2N4O2S. The highest BCUT2D eigenvalue weighted by Crippen LogP contribution is 2.29. The van der Waals surface area contributed by atoms with Crippen LogP contribution < -0.4 is 10.0 Å². The van der Waals surface area contributed by atoms with Crippen molar-refractivity contribution in [2.75, 3.05) is 10.0 Å². The topological polar surface area (TPSA) is 84.0 Å². The molecule has 35 heavy (non-hydrogen) atoms. The number of hydrogen-bond donors (Lipinski definition) is 2. The first-order valence-electron chi connectivity index (χ1n) is 10.5. The minimum absolute atomic E-state index is 0.0241. The molecule has 0 amide bonds. The van der Waals surface area contributed by atoms with E-state index in [1.165, 1.54) is 24.5 Å². The Kier molecular flexibility index (Phi) is 6.30. The normalized spacial score (nSPS) is 11.4. The zero-order valence-corrected chi connectivity index (χ0v) is 20.4. The van der Waals surface area contributed by atoms with Gasteiger partial charge in [-0.15, -0.1) is 0 Å². The average Bonchev–Trinajstić information content (AvgIpc) is 2.86. The van der Waals surface area contributed by atoms with Crippen LogP contribution in [0.1, 0.15) is 0 Å². The summed E-state index contributed by atoms with van der Waals surface area (Å²) in [6.45, 7) is 0. The van der Waals surface area contributed by atoms with Gasteiger partial charge in [-0.1, -0.05) is 65.7 Å². The molecule has 1 aromatic heterocycles. The van der Waals surface area contributed by atoms with E-state index in [0.29, 0.717) is 11.5 Å². The van der Waals surface area contributed by atoms with Crippen molar-refractivity contribution in [1.29, 1.82) is 0 Å². The lowest BCUT2D eigenvalue weighted by atomic mass is 10.0. The average molecular weight is 521 g/mol. The molecule has 0 spiro atoms. The van der Waals surface area contributed by atoms with Crippen LogP contribution in [0.15, 0.2) is 102 Å². The van der Waals surface area contributed by atoms with Crippen molar-refractivity contribution >= 4 is 61.2 Å². The minimum atomic E-state index is -3.81. The maximum Gasteiger partial charge on any atom is 0.261 e. The number of fused-ring (bicyclic) bond motifs is 1. The van der Waals surface area contributed by atoms with Crippen molar-refractivity contribution in [3.63, 3.8) is 0 Å². The van der Waals surface area contributed by atoms with Crippen LogP contribution in [0.3, 0.4) is 0 Å². The van der Waals surface area contributed by atoms with Crippen LogP contribution in [-0.4, -0.2) is 18.4 Å². The van der Waals surface area contributed by atoms with Gasteiger partial charge in [0.05, 0.1) is 20.6 Å². The van der Waals surface area contributed by atoms with E-state index in [1.807, 2.05) is 30.3 Å². The fourth-order valence-corrected chi connectivity index (χ4v) is 5.10. The molecule has 9 heteroatoms. The van der Waals surface area contributed by atoms with Gasteiger partial charge in [-0.2, -0.15) is 0 Å². The summed E-state index contributed by atoms with van der Waals surface area (Å²) in [5, 5.41) is 5.94. The molecule has 1 heterocycles. The standard InChI is InChI=1S/C26H18Cl2N4O2S/c27-23-13-12-20(14-24(23)28)35(33,34)32-19-10-8-18(9-11-19)31-26-15-25(29-16-30-26)22-7-3-5-17-4-1-2-6-21(17)22/h1-16,32H,(H,29,30,31). The summed E-state index contributed by atoms with van der Waals surface area (Å²) in [5.74, 6) is 0.618. The number of hydrogen-bond acceptors (Lipinski definition) is 5. The number of nitrogens with zero attached hydrogens (tertiary/aromatic N) is 2. The molecule has 0 aliphatic heterocycles. The van der Waals surface area contributed by atoms with Crippen LogP contribution in [0.5, 0.6) is 0 Å². The number of halogens is 2. The molecule has 0 fully saturated rings. The summed E-state index contributed by atoms with van der Waals surface area (Å²) in [5.41, 5.74) is 2.96. The van der Waals surface area contributed by atoms with Crippen LogP contribution in [0.25, 0.3) is 22.0 Å². The SMILES string of the molecule is O=S(=O)(Nc1ccc(Nc2cc(-c3cccc4ccccc34)ncn2)cc1)c1ccc(Cl)c(Cl)c1. The van der Waals surface area contributed by atoms with Gasteiger partial charge >= 0.3 is 0 Å². The Balaban J connectivity index is 1.34. The number of nitrogens with one attached hydrogen (secondary N) is 2. The van der Waals surface area contributed by atoms with Gasteiger partial charge in [0.1, 0.15) is 12.1 Å². The van der Waals surface area contributed by atoms with E-state index in [9.17, 15) is 8.42 Å². The summed E-state index contributed by atoms with van der Waals surface area (Å²) < 4.78 is 27.9. The first kappa shape index (κ1) is 23.1. The number of anilines is 3. The number of rotatable bonds is 6. The molecule has 0 saturated carbocycles. The predicted molar refractivity (Wildman–Crippen MR) is 142 cm³/mol. The second-order valence-electron chi connectivity index (χ2n) is 7.70. The summed E-state index contributed by atoms with van der Waals surface area (Å²) >= 11 is 11.8. The Morgan fingerprint density at radius 1 is 0.714 bits per heavy atom. The third-order valence-electron chi connectivity index (χ3n) is 5.34. The molecule has 4 aromatic carbocycles. The monoisotopic (exact) mass is 520 g/mol. The lowest BCUT2D eigenvalue weighted by molar-refractivity contribution is 0.601. The molecule has 0 radical (unpaired) electrons. The fourth-order valence-electron chi connectivity index (χ4n) is 3.65. The molecule has 0 bridgehead atoms. The van der Waals surface area contributed by atoms with Gasteiger partial charge in [0.15, 0.2) is 0 Å². The van der Waals surface area contributed by atoms with E-state index in [4.69, 9.17) is 23.2 Å². The van der Waals surface area contributed by atoms with E-state index in [-0.39, 0.29) is 14.9 Å². The predicted octanol–water partition coefficient (Wildman–Crippen LogP) is 7.15. The zero-order valence-electron chi connectivity index (χ0n) is 18.1. The number of benzene rings is 4. The van der Waals surface area contributed by atoms with Crippen LogP contribution in [0.2, 0.25) is 10.0 Å². The lowest BCUT2D eigenvalue weighted by Gasteiger charge is -2.11. The van der Waals surface area contributed by atoms with E-state index in [0.717, 1.165) is 27.7 Å². The first-order valence-corrected chi connectivity index (χ1v) is 12.8. The van der Waals surface area contributed by atoms with Crippen LogP contribution in [0, 0.1) is 0 Å². The van der Waals surface area contributed by atoms with Crippen molar-refractivity contribution in [1.82, 2.24) is 9.97 Å². The third-order valence-corrected chi connectivity index (χ3v) is 7.46. The first-order chi connectivity index (χ1) is 16.9. The summed E-state index contributed by atoms with van der Waals surface area (Å²) in [6, 6.07) is 27.1. The molecule has 0 aliphatic carbocycles. The Labute approximate surface area is 212 Å². The van der Waals surface area contributed by atoms with Crippen LogP contribution >= 0.6 is 23.2 Å². The highest BCUT2D eigenvalue weighted by atomic mass is 35.5. The van der Waals surface area contributed by atoms with E-state index >= 15 is 0 Å². The molecule has 6 nitrogen and oxygen atoms in total. The molecule has 2 N–H and O–H groups in total. The Bertz CT molecular complexity index is 1640. The van der Waals surface area contributed by atoms with Gasteiger partial charge in [0.2, 0.25) is 0 Å². The molecular weight excluding hydrogens is 503 g/mol. The highest BCUT2D eigenvalue weighted by molar-refractivity contribution is 7.92. The van der Waals surface area contributed by atoms with Crippen molar-refractivity contribution in [3.05, 3.63) is 107 Å². The summed E-state index contributed by atoms with van der Waals surface area (Å²) in [4.78, 5) is 8.79.